The standard InChI is InChI=1S/C19H26N4O2S2/c1-14-21-22-19(27-14)26-13-18(24)20-12-17(23-10-4-3-5-11-23)15-6-8-16(25-2)9-7-15/h6-9,17H,3-5,10-13H2,1-2H3,(H,20,24). The molecule has 2 heterocycles. The Kier molecular flexibility index (Phi) is 7.49. The number of hydrogen-bond acceptors (Lipinski definition) is 7. The molecule has 1 saturated heterocycles. The van der Waals surface area contributed by atoms with Crippen molar-refractivity contribution in [2.24, 2.45) is 0 Å². The van der Waals surface area contributed by atoms with Crippen molar-refractivity contribution in [3.63, 3.8) is 0 Å². The Morgan fingerprint density at radius 2 is 2.00 bits per heavy atom. The Balaban J connectivity index is 1.59. The molecule has 1 aliphatic heterocycles. The fourth-order valence-electron chi connectivity index (χ4n) is 3.24. The maximum Gasteiger partial charge on any atom is 0.230 e. The molecule has 1 atom stereocenters. The van der Waals surface area contributed by atoms with E-state index in [1.54, 1.807) is 7.11 Å². The fraction of sp³-hybridized carbons (Fsp3) is 0.526. The Morgan fingerprint density at radius 3 is 2.63 bits per heavy atom. The van der Waals surface area contributed by atoms with Gasteiger partial charge in [0.25, 0.3) is 0 Å². The lowest BCUT2D eigenvalue weighted by molar-refractivity contribution is -0.118. The van der Waals surface area contributed by atoms with Gasteiger partial charge in [0, 0.05) is 6.54 Å². The third-order valence-electron chi connectivity index (χ3n) is 4.66. The highest BCUT2D eigenvalue weighted by atomic mass is 32.2. The van der Waals surface area contributed by atoms with Crippen LogP contribution in [0.4, 0.5) is 0 Å². The number of aromatic nitrogens is 2. The number of nitrogens with zero attached hydrogens (tertiary/aromatic N) is 3. The molecule has 27 heavy (non-hydrogen) atoms. The highest BCUT2D eigenvalue weighted by Gasteiger charge is 2.23. The predicted molar refractivity (Wildman–Crippen MR) is 110 cm³/mol. The minimum Gasteiger partial charge on any atom is -0.497 e. The molecule has 8 heteroatoms. The zero-order chi connectivity index (χ0) is 19.1. The van der Waals surface area contributed by atoms with Crippen LogP contribution in [0.3, 0.4) is 0 Å². The van der Waals surface area contributed by atoms with Crippen molar-refractivity contribution in [1.29, 1.82) is 0 Å². The van der Waals surface area contributed by atoms with Crippen molar-refractivity contribution < 1.29 is 9.53 Å². The molecule has 3 rings (SSSR count). The lowest BCUT2D eigenvalue weighted by Gasteiger charge is -2.35. The van der Waals surface area contributed by atoms with Crippen molar-refractivity contribution >= 4 is 29.0 Å². The first-order chi connectivity index (χ1) is 13.2. The van der Waals surface area contributed by atoms with Crippen LogP contribution in [0, 0.1) is 6.92 Å². The van der Waals surface area contributed by atoms with Crippen LogP contribution in [0.1, 0.15) is 35.9 Å². The van der Waals surface area contributed by atoms with Gasteiger partial charge in [-0.2, -0.15) is 0 Å². The molecular weight excluding hydrogens is 380 g/mol. The Bertz CT molecular complexity index is 730. The molecule has 0 radical (unpaired) electrons. The Labute approximate surface area is 168 Å². The van der Waals surface area contributed by atoms with Gasteiger partial charge in [-0.15, -0.1) is 10.2 Å². The van der Waals surface area contributed by atoms with Crippen LogP contribution >= 0.6 is 23.1 Å². The lowest BCUT2D eigenvalue weighted by Crippen LogP contribution is -2.41. The molecule has 1 aromatic carbocycles. The number of aryl methyl sites for hydroxylation is 1. The summed E-state index contributed by atoms with van der Waals surface area (Å²) in [5.41, 5.74) is 1.21. The minimum atomic E-state index is 0.0309. The second kappa shape index (κ2) is 10.1. The molecule has 1 N–H and O–H groups in total. The third kappa shape index (κ3) is 5.92. The zero-order valence-corrected chi connectivity index (χ0v) is 17.4. The van der Waals surface area contributed by atoms with Gasteiger partial charge in [-0.1, -0.05) is 41.7 Å². The molecule has 6 nitrogen and oxygen atoms in total. The highest BCUT2D eigenvalue weighted by Crippen LogP contribution is 2.26. The number of rotatable bonds is 8. The smallest absolute Gasteiger partial charge is 0.230 e. The van der Waals surface area contributed by atoms with Crippen LogP contribution in [0.5, 0.6) is 5.75 Å². The molecule has 1 aromatic heterocycles. The van der Waals surface area contributed by atoms with Gasteiger partial charge in [-0.05, 0) is 50.6 Å². The topological polar surface area (TPSA) is 67.3 Å². The van der Waals surface area contributed by atoms with Crippen LogP contribution < -0.4 is 10.1 Å². The van der Waals surface area contributed by atoms with Gasteiger partial charge in [0.1, 0.15) is 10.8 Å². The third-order valence-corrected chi connectivity index (χ3v) is 6.63. The van der Waals surface area contributed by atoms with E-state index in [-0.39, 0.29) is 11.9 Å². The SMILES string of the molecule is COc1ccc(C(CNC(=O)CSc2nnc(C)s2)N2CCCCC2)cc1. The van der Waals surface area contributed by atoms with Crippen molar-refractivity contribution in [3.8, 4) is 5.75 Å². The van der Waals surface area contributed by atoms with Crippen LogP contribution in [0.15, 0.2) is 28.6 Å². The maximum absolute atomic E-state index is 12.3. The number of thioether (sulfide) groups is 1. The number of piperidine rings is 1. The van der Waals surface area contributed by atoms with E-state index < -0.39 is 0 Å². The number of nitrogens with one attached hydrogen (secondary N) is 1. The van der Waals surface area contributed by atoms with Gasteiger partial charge >= 0.3 is 0 Å². The van der Waals surface area contributed by atoms with E-state index in [2.05, 4.69) is 32.5 Å². The summed E-state index contributed by atoms with van der Waals surface area (Å²) in [6, 6.07) is 8.36. The van der Waals surface area contributed by atoms with Gasteiger partial charge in [0.2, 0.25) is 5.91 Å². The summed E-state index contributed by atoms with van der Waals surface area (Å²) < 4.78 is 6.11. The Hall–Kier alpha value is -1.64. The normalized spacial score (nSPS) is 16.1. The molecule has 1 amide bonds. The van der Waals surface area contributed by atoms with Crippen LogP contribution in [-0.4, -0.2) is 53.5 Å². The second-order valence-electron chi connectivity index (χ2n) is 6.57. The number of methoxy groups -OCH3 is 1. The summed E-state index contributed by atoms with van der Waals surface area (Å²) >= 11 is 2.96. The molecule has 1 unspecified atom stereocenters. The summed E-state index contributed by atoms with van der Waals surface area (Å²) in [6.07, 6.45) is 3.72. The van der Waals surface area contributed by atoms with Crippen molar-refractivity contribution in [2.45, 2.75) is 36.6 Å². The molecule has 0 aliphatic carbocycles. The number of carbonyl (C=O) groups is 1. The van der Waals surface area contributed by atoms with Gasteiger partial charge in [-0.3, -0.25) is 9.69 Å². The van der Waals surface area contributed by atoms with E-state index in [4.69, 9.17) is 4.74 Å². The number of carbonyl (C=O) groups excluding carboxylic acids is 1. The first kappa shape index (κ1) is 20.1. The zero-order valence-electron chi connectivity index (χ0n) is 15.8. The van der Waals surface area contributed by atoms with E-state index in [1.165, 1.54) is 47.9 Å². The first-order valence-electron chi connectivity index (χ1n) is 9.23. The van der Waals surface area contributed by atoms with E-state index in [0.717, 1.165) is 28.2 Å². The number of ether oxygens (including phenoxy) is 1. The van der Waals surface area contributed by atoms with Gasteiger partial charge in [-0.25, -0.2) is 0 Å². The second-order valence-corrected chi connectivity index (χ2v) is 8.97. The van der Waals surface area contributed by atoms with Crippen molar-refractivity contribution in [2.75, 3.05) is 32.5 Å². The molecule has 2 aromatic rings. The van der Waals surface area contributed by atoms with Crippen molar-refractivity contribution in [1.82, 2.24) is 20.4 Å². The average molecular weight is 407 g/mol. The van der Waals surface area contributed by atoms with E-state index in [1.807, 2.05) is 19.1 Å². The summed E-state index contributed by atoms with van der Waals surface area (Å²) in [6.45, 7) is 4.68. The van der Waals surface area contributed by atoms with Crippen molar-refractivity contribution in [3.05, 3.63) is 34.8 Å². The number of hydrogen-bond donors (Lipinski definition) is 1. The molecule has 0 bridgehead atoms. The molecular formula is C19H26N4O2S2. The number of amides is 1. The van der Waals surface area contributed by atoms with E-state index in [0.29, 0.717) is 12.3 Å². The fourth-order valence-corrected chi connectivity index (χ4v) is 4.88. The molecule has 146 valence electrons. The molecule has 0 saturated carbocycles. The maximum atomic E-state index is 12.3. The van der Waals surface area contributed by atoms with Crippen LogP contribution in [-0.2, 0) is 4.79 Å². The predicted octanol–water partition coefficient (Wildman–Crippen LogP) is 3.29. The summed E-state index contributed by atoms with van der Waals surface area (Å²) in [7, 11) is 1.68. The van der Waals surface area contributed by atoms with E-state index >= 15 is 0 Å². The molecule has 1 aliphatic rings. The van der Waals surface area contributed by atoms with Gasteiger partial charge < -0.3 is 10.1 Å². The monoisotopic (exact) mass is 406 g/mol. The quantitative estimate of drug-likeness (QED) is 0.679. The van der Waals surface area contributed by atoms with Crippen LogP contribution in [0.25, 0.3) is 0 Å². The molecule has 1 fully saturated rings. The summed E-state index contributed by atoms with van der Waals surface area (Å²) in [5, 5.41) is 12.1. The minimum absolute atomic E-state index is 0.0309. The number of benzene rings is 1. The van der Waals surface area contributed by atoms with Crippen LogP contribution in [0.2, 0.25) is 0 Å². The largest absolute Gasteiger partial charge is 0.497 e. The summed E-state index contributed by atoms with van der Waals surface area (Å²) in [4.78, 5) is 14.8. The van der Waals surface area contributed by atoms with Gasteiger partial charge in [0.05, 0.1) is 18.9 Å². The van der Waals surface area contributed by atoms with E-state index in [9.17, 15) is 4.79 Å². The Morgan fingerprint density at radius 1 is 1.26 bits per heavy atom. The first-order valence-corrected chi connectivity index (χ1v) is 11.0. The number of likely N-dealkylation sites (tertiary alicyclic amines) is 1. The summed E-state index contributed by atoms with van der Waals surface area (Å²) in [5.74, 6) is 1.25. The van der Waals surface area contributed by atoms with Gasteiger partial charge in [0.15, 0.2) is 4.34 Å². The average Bonchev–Trinajstić information content (AvgIpc) is 3.13. The lowest BCUT2D eigenvalue weighted by atomic mass is 10.0. The molecule has 0 spiro atoms. The highest BCUT2D eigenvalue weighted by molar-refractivity contribution is 8.01.